The average Bonchev–Trinajstić information content (AvgIpc) is 2.60. The van der Waals surface area contributed by atoms with Crippen LogP contribution in [0.1, 0.15) is 17.6 Å². The predicted molar refractivity (Wildman–Crippen MR) is 58.0 cm³/mol. The minimum Gasteiger partial charge on any atom is -0.356 e. The summed E-state index contributed by atoms with van der Waals surface area (Å²) in [4.78, 5) is 16.0. The Kier molecular flexibility index (Phi) is 2.68. The third-order valence-electron chi connectivity index (χ3n) is 1.95. The molecule has 15 heavy (non-hydrogen) atoms. The summed E-state index contributed by atoms with van der Waals surface area (Å²) in [6.07, 6.45) is 2.65. The molecule has 0 bridgehead atoms. The third kappa shape index (κ3) is 2.33. The molecule has 0 spiro atoms. The van der Waals surface area contributed by atoms with E-state index >= 15 is 0 Å². The summed E-state index contributed by atoms with van der Waals surface area (Å²) in [6.45, 7) is 4.09. The maximum Gasteiger partial charge on any atom is 0.216 e. The third-order valence-corrected chi connectivity index (χ3v) is 2.79. The van der Waals surface area contributed by atoms with Crippen LogP contribution in [0.2, 0.25) is 0 Å². The summed E-state index contributed by atoms with van der Waals surface area (Å²) in [5, 5.41) is 8.00. The molecule has 0 unspecified atom stereocenters. The van der Waals surface area contributed by atoms with Crippen LogP contribution in [-0.2, 0) is 11.2 Å². The fraction of sp³-hybridized carbons (Fsp3) is 0.444. The van der Waals surface area contributed by atoms with Crippen molar-refractivity contribution in [2.45, 2.75) is 20.3 Å². The fourth-order valence-corrected chi connectivity index (χ4v) is 2.07. The lowest BCUT2D eigenvalue weighted by molar-refractivity contribution is -0.118. The van der Waals surface area contributed by atoms with Crippen LogP contribution in [-0.4, -0.2) is 27.0 Å². The second-order valence-corrected chi connectivity index (χ2v) is 4.47. The van der Waals surface area contributed by atoms with Crippen LogP contribution in [0.15, 0.2) is 6.20 Å². The number of fused-ring (bicyclic) bond motifs is 1. The first kappa shape index (κ1) is 10.1. The highest BCUT2D eigenvalue weighted by Gasteiger charge is 2.05. The van der Waals surface area contributed by atoms with Crippen molar-refractivity contribution in [2.75, 3.05) is 6.54 Å². The number of rotatable bonds is 3. The molecule has 1 N–H and O–H groups in total. The lowest BCUT2D eigenvalue weighted by Gasteiger charge is -1.97. The van der Waals surface area contributed by atoms with Gasteiger partial charge in [0.2, 0.25) is 10.9 Å². The number of hydrogen-bond donors (Lipinski definition) is 1. The molecule has 5 nitrogen and oxygen atoms in total. The summed E-state index contributed by atoms with van der Waals surface area (Å²) >= 11 is 1.57. The number of aromatic nitrogens is 3. The Balaban J connectivity index is 2.02. The molecular formula is C9H12N4OS. The van der Waals surface area contributed by atoms with Crippen LogP contribution < -0.4 is 5.32 Å². The van der Waals surface area contributed by atoms with Gasteiger partial charge in [-0.3, -0.25) is 4.79 Å². The molecule has 1 amide bonds. The van der Waals surface area contributed by atoms with Gasteiger partial charge in [0, 0.05) is 19.9 Å². The Morgan fingerprint density at radius 2 is 2.47 bits per heavy atom. The van der Waals surface area contributed by atoms with Gasteiger partial charge in [-0.25, -0.2) is 9.50 Å². The van der Waals surface area contributed by atoms with Crippen molar-refractivity contribution in [1.29, 1.82) is 0 Å². The molecule has 0 aliphatic rings. The number of imidazole rings is 1. The molecule has 6 heteroatoms. The molecule has 0 radical (unpaired) electrons. The van der Waals surface area contributed by atoms with Crippen molar-refractivity contribution in [1.82, 2.24) is 19.9 Å². The van der Waals surface area contributed by atoms with E-state index in [4.69, 9.17) is 0 Å². The standard InChI is InChI=1S/C9H12N4OS/c1-6(14)10-4-3-8-5-13-9(11-8)15-7(2)12-13/h5H,3-4H2,1-2H3,(H,10,14). The monoisotopic (exact) mass is 224 g/mol. The van der Waals surface area contributed by atoms with Crippen LogP contribution in [0.5, 0.6) is 0 Å². The van der Waals surface area contributed by atoms with Gasteiger partial charge in [-0.05, 0) is 6.92 Å². The molecule has 2 rings (SSSR count). The Hall–Kier alpha value is -1.43. The lowest BCUT2D eigenvalue weighted by Crippen LogP contribution is -2.22. The number of nitrogens with zero attached hydrogens (tertiary/aromatic N) is 3. The first-order valence-electron chi connectivity index (χ1n) is 4.71. The van der Waals surface area contributed by atoms with E-state index in [0.717, 1.165) is 22.1 Å². The van der Waals surface area contributed by atoms with Gasteiger partial charge < -0.3 is 5.32 Å². The number of aryl methyl sites for hydroxylation is 1. The summed E-state index contributed by atoms with van der Waals surface area (Å²) < 4.78 is 1.78. The quantitative estimate of drug-likeness (QED) is 0.838. The first-order valence-corrected chi connectivity index (χ1v) is 5.53. The van der Waals surface area contributed by atoms with Crippen molar-refractivity contribution >= 4 is 22.2 Å². The Morgan fingerprint density at radius 1 is 1.67 bits per heavy atom. The second kappa shape index (κ2) is 3.98. The largest absolute Gasteiger partial charge is 0.356 e. The highest BCUT2D eigenvalue weighted by Crippen LogP contribution is 2.13. The number of hydrogen-bond acceptors (Lipinski definition) is 4. The van der Waals surface area contributed by atoms with Crippen molar-refractivity contribution in [3.8, 4) is 0 Å². The van der Waals surface area contributed by atoms with E-state index in [0.29, 0.717) is 6.54 Å². The molecule has 0 aliphatic heterocycles. The van der Waals surface area contributed by atoms with Gasteiger partial charge >= 0.3 is 0 Å². The smallest absolute Gasteiger partial charge is 0.216 e. The molecule has 2 aromatic heterocycles. The Morgan fingerprint density at radius 3 is 3.13 bits per heavy atom. The van der Waals surface area contributed by atoms with Gasteiger partial charge in [0.15, 0.2) is 0 Å². The zero-order valence-corrected chi connectivity index (χ0v) is 9.47. The summed E-state index contributed by atoms with van der Waals surface area (Å²) in [5.41, 5.74) is 0.961. The molecule has 0 aromatic carbocycles. The molecule has 2 heterocycles. The van der Waals surface area contributed by atoms with Crippen LogP contribution in [0.25, 0.3) is 4.96 Å². The van der Waals surface area contributed by atoms with E-state index in [1.54, 1.807) is 15.9 Å². The molecule has 0 saturated heterocycles. The van der Waals surface area contributed by atoms with E-state index < -0.39 is 0 Å². The van der Waals surface area contributed by atoms with Gasteiger partial charge in [0.25, 0.3) is 0 Å². The van der Waals surface area contributed by atoms with E-state index in [9.17, 15) is 4.79 Å². The summed E-state index contributed by atoms with van der Waals surface area (Å²) in [5.74, 6) is -0.00927. The Bertz CT molecular complexity index is 456. The van der Waals surface area contributed by atoms with Gasteiger partial charge in [-0.1, -0.05) is 11.3 Å². The van der Waals surface area contributed by atoms with Gasteiger partial charge in [-0.2, -0.15) is 5.10 Å². The highest BCUT2D eigenvalue weighted by molar-refractivity contribution is 7.16. The number of carbonyl (C=O) groups excluding carboxylic acids is 1. The van der Waals surface area contributed by atoms with E-state index in [-0.39, 0.29) is 5.91 Å². The number of carbonyl (C=O) groups is 1. The van der Waals surface area contributed by atoms with Crippen molar-refractivity contribution in [3.63, 3.8) is 0 Å². The molecule has 0 aliphatic carbocycles. The minimum absolute atomic E-state index is 0.00927. The van der Waals surface area contributed by atoms with Crippen LogP contribution in [0.4, 0.5) is 0 Å². The molecule has 80 valence electrons. The predicted octanol–water partition coefficient (Wildman–Crippen LogP) is 0.778. The molecule has 0 atom stereocenters. The average molecular weight is 224 g/mol. The van der Waals surface area contributed by atoms with Crippen molar-refractivity contribution < 1.29 is 4.79 Å². The van der Waals surface area contributed by atoms with E-state index in [1.165, 1.54) is 6.92 Å². The van der Waals surface area contributed by atoms with E-state index in [1.807, 2.05) is 13.1 Å². The van der Waals surface area contributed by atoms with Crippen LogP contribution in [0.3, 0.4) is 0 Å². The number of nitrogens with one attached hydrogen (secondary N) is 1. The number of amides is 1. The molecule has 2 aromatic rings. The second-order valence-electron chi connectivity index (χ2n) is 3.31. The fourth-order valence-electron chi connectivity index (χ4n) is 1.33. The molecule has 0 saturated carbocycles. The zero-order chi connectivity index (χ0) is 10.8. The highest BCUT2D eigenvalue weighted by atomic mass is 32.1. The zero-order valence-electron chi connectivity index (χ0n) is 8.65. The normalized spacial score (nSPS) is 10.8. The van der Waals surface area contributed by atoms with Crippen molar-refractivity contribution in [2.24, 2.45) is 0 Å². The van der Waals surface area contributed by atoms with Crippen LogP contribution in [0, 0.1) is 6.92 Å². The molecular weight excluding hydrogens is 212 g/mol. The SMILES string of the molecule is CC(=O)NCCc1cn2nc(C)sc2n1. The molecule has 0 fully saturated rings. The summed E-state index contributed by atoms with van der Waals surface area (Å²) in [6, 6.07) is 0. The van der Waals surface area contributed by atoms with E-state index in [2.05, 4.69) is 15.4 Å². The maximum absolute atomic E-state index is 10.7. The summed E-state index contributed by atoms with van der Waals surface area (Å²) in [7, 11) is 0. The lowest BCUT2D eigenvalue weighted by atomic mass is 10.3. The Labute approximate surface area is 91.1 Å². The maximum atomic E-state index is 10.7. The van der Waals surface area contributed by atoms with Gasteiger partial charge in [-0.15, -0.1) is 0 Å². The van der Waals surface area contributed by atoms with Crippen LogP contribution >= 0.6 is 11.3 Å². The van der Waals surface area contributed by atoms with Gasteiger partial charge in [0.05, 0.1) is 11.9 Å². The first-order chi connectivity index (χ1) is 7.15. The van der Waals surface area contributed by atoms with Crippen molar-refractivity contribution in [3.05, 3.63) is 16.9 Å². The topological polar surface area (TPSA) is 59.3 Å². The minimum atomic E-state index is -0.00927. The van der Waals surface area contributed by atoms with Gasteiger partial charge in [0.1, 0.15) is 5.01 Å².